The van der Waals surface area contributed by atoms with Crippen molar-refractivity contribution in [2.45, 2.75) is 13.3 Å². The molecule has 0 radical (unpaired) electrons. The zero-order valence-electron chi connectivity index (χ0n) is 10.1. The molecule has 0 amide bonds. The molecule has 2 N–H and O–H groups in total. The standard InChI is InChI=1S/C14H13N3S/c1-9-6-7-16-11(14(9)15)8-13-17-10-4-2-3-5-12(10)18-13/h2-7H,8,15H2,1H3. The van der Waals surface area contributed by atoms with E-state index in [2.05, 4.69) is 16.0 Å². The number of pyridine rings is 1. The van der Waals surface area contributed by atoms with Crippen LogP contribution in [0.5, 0.6) is 0 Å². The van der Waals surface area contributed by atoms with Crippen molar-refractivity contribution < 1.29 is 0 Å². The predicted octanol–water partition coefficient (Wildman–Crippen LogP) is 3.17. The van der Waals surface area contributed by atoms with Crippen LogP contribution in [-0.2, 0) is 6.42 Å². The molecule has 3 nitrogen and oxygen atoms in total. The number of thiazole rings is 1. The number of nitrogens with two attached hydrogens (primary N) is 1. The molecular formula is C14H13N3S. The van der Waals surface area contributed by atoms with Crippen LogP contribution in [0.25, 0.3) is 10.2 Å². The average Bonchev–Trinajstić information content (AvgIpc) is 2.77. The summed E-state index contributed by atoms with van der Waals surface area (Å²) >= 11 is 1.70. The molecule has 0 bridgehead atoms. The number of anilines is 1. The first-order valence-electron chi connectivity index (χ1n) is 5.78. The molecule has 0 unspecified atom stereocenters. The first-order chi connectivity index (χ1) is 8.74. The van der Waals surface area contributed by atoms with Gasteiger partial charge >= 0.3 is 0 Å². The minimum absolute atomic E-state index is 0.701. The third kappa shape index (κ3) is 1.95. The average molecular weight is 255 g/mol. The first-order valence-corrected chi connectivity index (χ1v) is 6.60. The lowest BCUT2D eigenvalue weighted by molar-refractivity contribution is 1.06. The molecule has 4 heteroatoms. The highest BCUT2D eigenvalue weighted by Crippen LogP contribution is 2.25. The van der Waals surface area contributed by atoms with Crippen LogP contribution in [0.1, 0.15) is 16.3 Å². The van der Waals surface area contributed by atoms with E-state index in [1.54, 1.807) is 17.5 Å². The maximum atomic E-state index is 6.04. The number of fused-ring (bicyclic) bond motifs is 1. The van der Waals surface area contributed by atoms with Crippen LogP contribution in [0, 0.1) is 6.92 Å². The molecule has 2 aromatic heterocycles. The van der Waals surface area contributed by atoms with Gasteiger partial charge in [-0.05, 0) is 30.7 Å². The molecule has 0 atom stereocenters. The molecule has 0 aliphatic heterocycles. The highest BCUT2D eigenvalue weighted by Gasteiger charge is 2.08. The fourth-order valence-electron chi connectivity index (χ4n) is 1.91. The van der Waals surface area contributed by atoms with Gasteiger partial charge in [-0.3, -0.25) is 4.98 Å². The van der Waals surface area contributed by atoms with Gasteiger partial charge in [-0.15, -0.1) is 11.3 Å². The van der Waals surface area contributed by atoms with E-state index < -0.39 is 0 Å². The van der Waals surface area contributed by atoms with E-state index in [9.17, 15) is 0 Å². The summed E-state index contributed by atoms with van der Waals surface area (Å²) < 4.78 is 1.21. The van der Waals surface area contributed by atoms with Crippen LogP contribution in [0.15, 0.2) is 36.5 Å². The normalized spacial score (nSPS) is 10.9. The molecule has 2 heterocycles. The maximum Gasteiger partial charge on any atom is 0.0999 e. The second-order valence-electron chi connectivity index (χ2n) is 4.24. The quantitative estimate of drug-likeness (QED) is 0.765. The fraction of sp³-hybridized carbons (Fsp3) is 0.143. The van der Waals surface area contributed by atoms with Crippen LogP contribution >= 0.6 is 11.3 Å². The molecule has 3 rings (SSSR count). The Hall–Kier alpha value is -1.94. The number of benzene rings is 1. The third-order valence-electron chi connectivity index (χ3n) is 2.95. The van der Waals surface area contributed by atoms with Gasteiger partial charge in [0.1, 0.15) is 0 Å². The summed E-state index contributed by atoms with van der Waals surface area (Å²) in [6.45, 7) is 2.00. The molecule has 0 saturated carbocycles. The number of hydrogen-bond acceptors (Lipinski definition) is 4. The van der Waals surface area contributed by atoms with Gasteiger partial charge < -0.3 is 5.73 Å². The van der Waals surface area contributed by atoms with Crippen molar-refractivity contribution >= 4 is 27.2 Å². The minimum Gasteiger partial charge on any atom is -0.397 e. The van der Waals surface area contributed by atoms with Crippen LogP contribution in [0.4, 0.5) is 5.69 Å². The van der Waals surface area contributed by atoms with E-state index in [0.717, 1.165) is 27.5 Å². The van der Waals surface area contributed by atoms with E-state index in [4.69, 9.17) is 5.73 Å². The van der Waals surface area contributed by atoms with Crippen molar-refractivity contribution in [2.75, 3.05) is 5.73 Å². The van der Waals surface area contributed by atoms with E-state index in [1.807, 2.05) is 31.2 Å². The number of nitrogen functional groups attached to an aromatic ring is 1. The lowest BCUT2D eigenvalue weighted by Crippen LogP contribution is -2.00. The second-order valence-corrected chi connectivity index (χ2v) is 5.36. The summed E-state index contributed by atoms with van der Waals surface area (Å²) in [6, 6.07) is 10.1. The van der Waals surface area contributed by atoms with E-state index in [0.29, 0.717) is 6.42 Å². The number of aryl methyl sites for hydroxylation is 1. The van der Waals surface area contributed by atoms with Gasteiger partial charge in [-0.25, -0.2) is 4.98 Å². The van der Waals surface area contributed by atoms with Gasteiger partial charge in [0.25, 0.3) is 0 Å². The predicted molar refractivity (Wildman–Crippen MR) is 75.8 cm³/mol. The highest BCUT2D eigenvalue weighted by atomic mass is 32.1. The molecule has 0 aliphatic carbocycles. The lowest BCUT2D eigenvalue weighted by Gasteiger charge is -2.04. The van der Waals surface area contributed by atoms with E-state index >= 15 is 0 Å². The topological polar surface area (TPSA) is 51.8 Å². The summed E-state index contributed by atoms with van der Waals surface area (Å²) in [7, 11) is 0. The van der Waals surface area contributed by atoms with Crippen LogP contribution in [0.3, 0.4) is 0 Å². The number of hydrogen-bond donors (Lipinski definition) is 1. The highest BCUT2D eigenvalue weighted by molar-refractivity contribution is 7.18. The number of para-hydroxylation sites is 1. The molecule has 90 valence electrons. The Balaban J connectivity index is 1.99. The molecule has 0 aliphatic rings. The number of rotatable bonds is 2. The van der Waals surface area contributed by atoms with Gasteiger partial charge in [-0.1, -0.05) is 12.1 Å². The maximum absolute atomic E-state index is 6.04. The van der Waals surface area contributed by atoms with Crippen molar-refractivity contribution in [3.8, 4) is 0 Å². The zero-order valence-corrected chi connectivity index (χ0v) is 10.9. The minimum atomic E-state index is 0.701. The Morgan fingerprint density at radius 3 is 2.89 bits per heavy atom. The molecule has 0 spiro atoms. The summed E-state index contributed by atoms with van der Waals surface area (Å²) in [6.07, 6.45) is 2.50. The Kier molecular flexibility index (Phi) is 2.72. The van der Waals surface area contributed by atoms with Crippen LogP contribution < -0.4 is 5.73 Å². The second kappa shape index (κ2) is 4.38. The Bertz CT molecular complexity index is 670. The fourth-order valence-corrected chi connectivity index (χ4v) is 2.88. The third-order valence-corrected chi connectivity index (χ3v) is 3.98. The smallest absolute Gasteiger partial charge is 0.0999 e. The van der Waals surface area contributed by atoms with Crippen LogP contribution in [0.2, 0.25) is 0 Å². The van der Waals surface area contributed by atoms with Gasteiger partial charge in [-0.2, -0.15) is 0 Å². The van der Waals surface area contributed by atoms with Crippen molar-refractivity contribution in [3.63, 3.8) is 0 Å². The van der Waals surface area contributed by atoms with E-state index in [1.165, 1.54) is 4.70 Å². The Morgan fingerprint density at radius 1 is 1.22 bits per heavy atom. The Morgan fingerprint density at radius 2 is 2.06 bits per heavy atom. The molecule has 0 saturated heterocycles. The summed E-state index contributed by atoms with van der Waals surface area (Å²) in [5.41, 5.74) is 9.84. The molecule has 18 heavy (non-hydrogen) atoms. The molecule has 1 aromatic carbocycles. The number of aromatic nitrogens is 2. The van der Waals surface area contributed by atoms with Crippen molar-refractivity contribution in [2.24, 2.45) is 0 Å². The first kappa shape index (κ1) is 11.2. The van der Waals surface area contributed by atoms with Crippen LogP contribution in [-0.4, -0.2) is 9.97 Å². The summed E-state index contributed by atoms with van der Waals surface area (Å²) in [5.74, 6) is 0. The molecule has 3 aromatic rings. The number of nitrogens with zero attached hydrogens (tertiary/aromatic N) is 2. The lowest BCUT2D eigenvalue weighted by atomic mass is 10.1. The van der Waals surface area contributed by atoms with Gasteiger partial charge in [0.15, 0.2) is 0 Å². The van der Waals surface area contributed by atoms with E-state index in [-0.39, 0.29) is 0 Å². The van der Waals surface area contributed by atoms with Gasteiger partial charge in [0, 0.05) is 12.6 Å². The van der Waals surface area contributed by atoms with Gasteiger partial charge in [0.05, 0.1) is 26.6 Å². The monoisotopic (exact) mass is 255 g/mol. The molecule has 0 fully saturated rings. The van der Waals surface area contributed by atoms with Crippen molar-refractivity contribution in [3.05, 3.63) is 52.8 Å². The SMILES string of the molecule is Cc1ccnc(Cc2nc3ccccc3s2)c1N. The molecular weight excluding hydrogens is 242 g/mol. The Labute approximate surface area is 109 Å². The van der Waals surface area contributed by atoms with Crippen molar-refractivity contribution in [1.82, 2.24) is 9.97 Å². The largest absolute Gasteiger partial charge is 0.397 e. The van der Waals surface area contributed by atoms with Crippen molar-refractivity contribution in [1.29, 1.82) is 0 Å². The van der Waals surface area contributed by atoms with Gasteiger partial charge in [0.2, 0.25) is 0 Å². The summed E-state index contributed by atoms with van der Waals surface area (Å²) in [5, 5.41) is 1.06. The zero-order chi connectivity index (χ0) is 12.5. The summed E-state index contributed by atoms with van der Waals surface area (Å²) in [4.78, 5) is 8.95.